The van der Waals surface area contributed by atoms with E-state index in [0.29, 0.717) is 12.0 Å². The topological polar surface area (TPSA) is 20.3 Å². The number of carbonyl (C=O) groups excluding carboxylic acids is 1. The molecular weight excluding hydrogens is 246 g/mol. The number of nitrogens with zero attached hydrogens (tertiary/aromatic N) is 1. The summed E-state index contributed by atoms with van der Waals surface area (Å²) >= 11 is 0. The van der Waals surface area contributed by atoms with E-state index in [1.165, 1.54) is 12.8 Å². The summed E-state index contributed by atoms with van der Waals surface area (Å²) in [6.45, 7) is 11.7. The van der Waals surface area contributed by atoms with Gasteiger partial charge in [-0.05, 0) is 49.8 Å². The van der Waals surface area contributed by atoms with Gasteiger partial charge in [0.15, 0.2) is 5.78 Å². The predicted octanol–water partition coefficient (Wildman–Crippen LogP) is 3.94. The van der Waals surface area contributed by atoms with E-state index in [4.69, 9.17) is 0 Å². The van der Waals surface area contributed by atoms with Crippen molar-refractivity contribution < 1.29 is 4.79 Å². The number of ketones is 1. The number of Topliss-reactive ketones (excluding diaryl/α,β-unsaturated/α-hetero) is 1. The fourth-order valence-electron chi connectivity index (χ4n) is 3.13. The molecule has 1 fully saturated rings. The number of carbonyl (C=O) groups is 1. The summed E-state index contributed by atoms with van der Waals surface area (Å²) in [6, 6.07) is 7.89. The second kappa shape index (κ2) is 6.09. The first-order chi connectivity index (χ1) is 9.38. The molecular formula is C18H27NO. The van der Waals surface area contributed by atoms with Crippen LogP contribution in [0.15, 0.2) is 24.3 Å². The molecule has 1 aromatic carbocycles. The van der Waals surface area contributed by atoms with Crippen LogP contribution in [0.2, 0.25) is 0 Å². The highest BCUT2D eigenvalue weighted by Crippen LogP contribution is 2.34. The number of aryl methyl sites for hydroxylation is 1. The largest absolute Gasteiger partial charge is 0.296 e. The fraction of sp³-hybridized carbons (Fsp3) is 0.611. The molecule has 0 unspecified atom stereocenters. The highest BCUT2D eigenvalue weighted by molar-refractivity contribution is 5.98. The van der Waals surface area contributed by atoms with Crippen molar-refractivity contribution in [2.45, 2.75) is 40.5 Å². The van der Waals surface area contributed by atoms with Gasteiger partial charge in [0.05, 0.1) is 6.54 Å². The minimum atomic E-state index is 0.261. The number of rotatable bonds is 3. The molecule has 1 aliphatic rings. The first kappa shape index (κ1) is 15.2. The van der Waals surface area contributed by atoms with E-state index in [0.717, 1.165) is 30.1 Å². The van der Waals surface area contributed by atoms with Crippen molar-refractivity contribution >= 4 is 5.78 Å². The Morgan fingerprint density at radius 3 is 2.35 bits per heavy atom. The Bertz CT molecular complexity index is 465. The van der Waals surface area contributed by atoms with Crippen molar-refractivity contribution in [3.05, 3.63) is 35.4 Å². The fourth-order valence-corrected chi connectivity index (χ4v) is 3.13. The monoisotopic (exact) mass is 273 g/mol. The molecule has 20 heavy (non-hydrogen) atoms. The quantitative estimate of drug-likeness (QED) is 0.778. The minimum absolute atomic E-state index is 0.261. The zero-order valence-corrected chi connectivity index (χ0v) is 13.3. The molecule has 0 atom stereocenters. The molecule has 1 aromatic rings. The van der Waals surface area contributed by atoms with Crippen molar-refractivity contribution in [2.24, 2.45) is 11.3 Å². The Morgan fingerprint density at radius 2 is 1.80 bits per heavy atom. The number of benzene rings is 1. The van der Waals surface area contributed by atoms with E-state index in [1.54, 1.807) is 0 Å². The molecule has 2 nitrogen and oxygen atoms in total. The van der Waals surface area contributed by atoms with Crippen molar-refractivity contribution in [3.63, 3.8) is 0 Å². The van der Waals surface area contributed by atoms with Crippen molar-refractivity contribution in [1.82, 2.24) is 4.90 Å². The lowest BCUT2D eigenvalue weighted by Gasteiger charge is -2.38. The lowest BCUT2D eigenvalue weighted by Crippen LogP contribution is -2.40. The van der Waals surface area contributed by atoms with E-state index >= 15 is 0 Å². The molecule has 110 valence electrons. The van der Waals surface area contributed by atoms with Gasteiger partial charge in [-0.1, -0.05) is 45.0 Å². The van der Waals surface area contributed by atoms with Crippen LogP contribution >= 0.6 is 0 Å². The first-order valence-electron chi connectivity index (χ1n) is 7.69. The lowest BCUT2D eigenvalue weighted by atomic mass is 9.75. The van der Waals surface area contributed by atoms with Crippen LogP contribution in [0.4, 0.5) is 0 Å². The normalized spacial score (nSPS) is 18.2. The van der Waals surface area contributed by atoms with Crippen LogP contribution < -0.4 is 0 Å². The average molecular weight is 273 g/mol. The summed E-state index contributed by atoms with van der Waals surface area (Å²) < 4.78 is 0. The van der Waals surface area contributed by atoms with Gasteiger partial charge in [0.25, 0.3) is 0 Å². The molecule has 2 heteroatoms. The van der Waals surface area contributed by atoms with E-state index < -0.39 is 0 Å². The van der Waals surface area contributed by atoms with Gasteiger partial charge in [0, 0.05) is 5.56 Å². The molecule has 1 saturated heterocycles. The van der Waals surface area contributed by atoms with Crippen molar-refractivity contribution in [2.75, 3.05) is 19.6 Å². The molecule has 0 saturated carbocycles. The second-order valence-electron chi connectivity index (χ2n) is 7.15. The summed E-state index contributed by atoms with van der Waals surface area (Å²) in [5.74, 6) is 1.05. The summed E-state index contributed by atoms with van der Waals surface area (Å²) in [7, 11) is 0. The summed E-state index contributed by atoms with van der Waals surface area (Å²) in [4.78, 5) is 14.7. The Labute approximate surface area is 123 Å². The Balaban J connectivity index is 1.90. The highest BCUT2D eigenvalue weighted by atomic mass is 16.1. The van der Waals surface area contributed by atoms with Crippen LogP contribution in [0.25, 0.3) is 0 Å². The van der Waals surface area contributed by atoms with Gasteiger partial charge in [0.1, 0.15) is 0 Å². The Hall–Kier alpha value is -1.15. The van der Waals surface area contributed by atoms with Crippen molar-refractivity contribution in [1.29, 1.82) is 0 Å². The molecule has 0 spiro atoms. The standard InChI is InChI=1S/C18H27NO/c1-14-7-5-6-8-16(14)17(20)13-19-11-9-15(10-12-19)18(2,3)4/h5-8,15H,9-13H2,1-4H3. The molecule has 2 rings (SSSR count). The maximum Gasteiger partial charge on any atom is 0.177 e. The van der Waals surface area contributed by atoms with Gasteiger partial charge in [0.2, 0.25) is 0 Å². The van der Waals surface area contributed by atoms with Crippen LogP contribution in [-0.4, -0.2) is 30.3 Å². The zero-order chi connectivity index (χ0) is 14.8. The summed E-state index contributed by atoms with van der Waals surface area (Å²) in [6.07, 6.45) is 2.43. The average Bonchev–Trinajstić information content (AvgIpc) is 2.38. The molecule has 1 aliphatic heterocycles. The maximum atomic E-state index is 12.4. The minimum Gasteiger partial charge on any atom is -0.296 e. The van der Waals surface area contributed by atoms with Crippen LogP contribution in [0.1, 0.15) is 49.5 Å². The van der Waals surface area contributed by atoms with Gasteiger partial charge in [-0.2, -0.15) is 0 Å². The van der Waals surface area contributed by atoms with E-state index in [1.807, 2.05) is 31.2 Å². The third-order valence-electron chi connectivity index (χ3n) is 4.63. The van der Waals surface area contributed by atoms with Gasteiger partial charge in [-0.15, -0.1) is 0 Å². The molecule has 1 heterocycles. The number of likely N-dealkylation sites (tertiary alicyclic amines) is 1. The third-order valence-corrected chi connectivity index (χ3v) is 4.63. The molecule has 0 N–H and O–H groups in total. The van der Waals surface area contributed by atoms with Crippen LogP contribution in [-0.2, 0) is 0 Å². The van der Waals surface area contributed by atoms with Crippen LogP contribution in [0.5, 0.6) is 0 Å². The van der Waals surface area contributed by atoms with E-state index in [2.05, 4.69) is 25.7 Å². The van der Waals surface area contributed by atoms with Crippen LogP contribution in [0.3, 0.4) is 0 Å². The van der Waals surface area contributed by atoms with Crippen LogP contribution in [0, 0.1) is 18.3 Å². The smallest absolute Gasteiger partial charge is 0.177 e. The number of hydrogen-bond donors (Lipinski definition) is 0. The van der Waals surface area contributed by atoms with Gasteiger partial charge < -0.3 is 0 Å². The highest BCUT2D eigenvalue weighted by Gasteiger charge is 2.29. The Morgan fingerprint density at radius 1 is 1.20 bits per heavy atom. The molecule has 0 aliphatic carbocycles. The maximum absolute atomic E-state index is 12.4. The number of hydrogen-bond acceptors (Lipinski definition) is 2. The van der Waals surface area contributed by atoms with E-state index in [-0.39, 0.29) is 5.78 Å². The Kier molecular flexibility index (Phi) is 4.64. The predicted molar refractivity (Wildman–Crippen MR) is 84.1 cm³/mol. The SMILES string of the molecule is Cc1ccccc1C(=O)CN1CCC(C(C)(C)C)CC1. The molecule has 0 amide bonds. The van der Waals surface area contributed by atoms with Gasteiger partial charge >= 0.3 is 0 Å². The summed E-state index contributed by atoms with van der Waals surface area (Å²) in [5.41, 5.74) is 2.36. The van der Waals surface area contributed by atoms with E-state index in [9.17, 15) is 4.79 Å². The van der Waals surface area contributed by atoms with Gasteiger partial charge in [-0.3, -0.25) is 9.69 Å². The molecule has 0 bridgehead atoms. The zero-order valence-electron chi connectivity index (χ0n) is 13.3. The van der Waals surface area contributed by atoms with Crippen molar-refractivity contribution in [3.8, 4) is 0 Å². The number of piperidine rings is 1. The third kappa shape index (κ3) is 3.69. The van der Waals surface area contributed by atoms with Gasteiger partial charge in [-0.25, -0.2) is 0 Å². The molecule has 0 aromatic heterocycles. The summed E-state index contributed by atoms with van der Waals surface area (Å²) in [5, 5.41) is 0. The first-order valence-corrected chi connectivity index (χ1v) is 7.69. The second-order valence-corrected chi connectivity index (χ2v) is 7.15. The lowest BCUT2D eigenvalue weighted by molar-refractivity contribution is 0.0821. The molecule has 0 radical (unpaired) electrons.